The Hall–Kier alpha value is -2.83. The fraction of sp³-hybridized carbons (Fsp3) is 0.312. The number of benzene rings is 1. The van der Waals surface area contributed by atoms with Gasteiger partial charge in [-0.25, -0.2) is 0 Å². The minimum absolute atomic E-state index is 0.213. The number of aromatic nitrogens is 2. The van der Waals surface area contributed by atoms with E-state index in [4.69, 9.17) is 0 Å². The monoisotopic (exact) mass is 313 g/mol. The van der Waals surface area contributed by atoms with Crippen molar-refractivity contribution in [2.24, 2.45) is 7.05 Å². The predicted molar refractivity (Wildman–Crippen MR) is 85.8 cm³/mol. The van der Waals surface area contributed by atoms with E-state index in [1.807, 2.05) is 23.1 Å². The Balaban J connectivity index is 1.55. The Kier molecular flexibility index (Phi) is 4.27. The summed E-state index contributed by atoms with van der Waals surface area (Å²) in [6.07, 6.45) is 5.09. The van der Waals surface area contributed by atoms with Gasteiger partial charge in [-0.1, -0.05) is 18.2 Å². The fourth-order valence-corrected chi connectivity index (χ4v) is 2.73. The van der Waals surface area contributed by atoms with Gasteiger partial charge in [0.2, 0.25) is 0 Å². The van der Waals surface area contributed by atoms with E-state index >= 15 is 0 Å². The highest BCUT2D eigenvalue weighted by molar-refractivity contribution is 5.95. The molecule has 0 bridgehead atoms. The van der Waals surface area contributed by atoms with Gasteiger partial charge in [0.15, 0.2) is 0 Å². The molecule has 0 spiro atoms. The van der Waals surface area contributed by atoms with Crippen LogP contribution < -0.4 is 15.8 Å². The smallest absolute Gasteiger partial charge is 0.272 e. The second kappa shape index (κ2) is 6.51. The molecule has 120 valence electrons. The first-order chi connectivity index (χ1) is 11.1. The van der Waals surface area contributed by atoms with E-state index in [-0.39, 0.29) is 18.4 Å². The molecule has 0 atom stereocenters. The molecule has 0 unspecified atom stereocenters. The second-order valence-electron chi connectivity index (χ2n) is 5.56. The SMILES string of the molecule is Cn1cc(C(=O)NNC(=O)CN2CCCc3ccccc32)cn1. The quantitative estimate of drug-likeness (QED) is 0.815. The lowest BCUT2D eigenvalue weighted by Gasteiger charge is -2.30. The molecule has 3 rings (SSSR count). The molecule has 1 aromatic heterocycles. The van der Waals surface area contributed by atoms with Gasteiger partial charge in [0, 0.05) is 25.5 Å². The van der Waals surface area contributed by atoms with E-state index in [2.05, 4.69) is 22.0 Å². The highest BCUT2D eigenvalue weighted by Crippen LogP contribution is 2.26. The molecule has 7 nitrogen and oxygen atoms in total. The van der Waals surface area contributed by atoms with Gasteiger partial charge in [0.1, 0.15) is 0 Å². The lowest BCUT2D eigenvalue weighted by molar-refractivity contribution is -0.120. The van der Waals surface area contributed by atoms with Gasteiger partial charge < -0.3 is 4.90 Å². The number of para-hydroxylation sites is 1. The molecular weight excluding hydrogens is 294 g/mol. The van der Waals surface area contributed by atoms with Crippen LogP contribution in [0.25, 0.3) is 0 Å². The summed E-state index contributed by atoms with van der Waals surface area (Å²) >= 11 is 0. The van der Waals surface area contributed by atoms with Crippen LogP contribution in [0, 0.1) is 0 Å². The molecule has 2 N–H and O–H groups in total. The average Bonchev–Trinajstić information content (AvgIpc) is 2.99. The van der Waals surface area contributed by atoms with Crippen LogP contribution in [0.2, 0.25) is 0 Å². The molecule has 2 aromatic rings. The number of anilines is 1. The van der Waals surface area contributed by atoms with Crippen LogP contribution in [-0.4, -0.2) is 34.7 Å². The Morgan fingerprint density at radius 3 is 2.87 bits per heavy atom. The first kappa shape index (κ1) is 15.1. The van der Waals surface area contributed by atoms with Gasteiger partial charge >= 0.3 is 0 Å². The molecule has 7 heteroatoms. The Labute approximate surface area is 134 Å². The number of hydrazine groups is 1. The van der Waals surface area contributed by atoms with Crippen molar-refractivity contribution in [2.45, 2.75) is 12.8 Å². The van der Waals surface area contributed by atoms with Crippen LogP contribution >= 0.6 is 0 Å². The summed E-state index contributed by atoms with van der Waals surface area (Å²) in [5, 5.41) is 3.92. The van der Waals surface area contributed by atoms with Crippen LogP contribution in [0.15, 0.2) is 36.7 Å². The van der Waals surface area contributed by atoms with Crippen molar-refractivity contribution < 1.29 is 9.59 Å². The van der Waals surface area contributed by atoms with Gasteiger partial charge in [0.05, 0.1) is 18.3 Å². The van der Waals surface area contributed by atoms with Crippen molar-refractivity contribution >= 4 is 17.5 Å². The maximum atomic E-state index is 12.1. The van der Waals surface area contributed by atoms with Gasteiger partial charge in [-0.3, -0.25) is 25.1 Å². The number of carbonyl (C=O) groups excluding carboxylic acids is 2. The summed E-state index contributed by atoms with van der Waals surface area (Å²) in [6, 6.07) is 8.09. The van der Waals surface area contributed by atoms with Crippen molar-refractivity contribution in [2.75, 3.05) is 18.0 Å². The van der Waals surface area contributed by atoms with Crippen molar-refractivity contribution in [1.82, 2.24) is 20.6 Å². The molecule has 0 aliphatic carbocycles. The molecule has 0 saturated heterocycles. The Bertz CT molecular complexity index is 725. The normalized spacial score (nSPS) is 13.3. The largest absolute Gasteiger partial charge is 0.362 e. The van der Waals surface area contributed by atoms with Crippen LogP contribution in [-0.2, 0) is 18.3 Å². The predicted octanol–water partition coefficient (Wildman–Crippen LogP) is 0.634. The van der Waals surface area contributed by atoms with Gasteiger partial charge in [-0.15, -0.1) is 0 Å². The van der Waals surface area contributed by atoms with Gasteiger partial charge in [0.25, 0.3) is 11.8 Å². The first-order valence-corrected chi connectivity index (χ1v) is 7.54. The third-order valence-corrected chi connectivity index (χ3v) is 3.82. The number of carbonyl (C=O) groups is 2. The van der Waals surface area contributed by atoms with E-state index in [0.717, 1.165) is 25.1 Å². The van der Waals surface area contributed by atoms with Gasteiger partial charge in [-0.2, -0.15) is 5.10 Å². The van der Waals surface area contributed by atoms with E-state index in [1.54, 1.807) is 13.2 Å². The molecule has 2 heterocycles. The first-order valence-electron chi connectivity index (χ1n) is 7.54. The molecule has 0 saturated carbocycles. The maximum Gasteiger partial charge on any atom is 0.272 e. The van der Waals surface area contributed by atoms with Crippen molar-refractivity contribution in [3.63, 3.8) is 0 Å². The number of amides is 2. The topological polar surface area (TPSA) is 79.3 Å². The van der Waals surface area contributed by atoms with Crippen molar-refractivity contribution in [1.29, 1.82) is 0 Å². The Morgan fingerprint density at radius 1 is 1.26 bits per heavy atom. The van der Waals surface area contributed by atoms with E-state index in [0.29, 0.717) is 5.56 Å². The van der Waals surface area contributed by atoms with Crippen LogP contribution in [0.1, 0.15) is 22.3 Å². The molecule has 0 radical (unpaired) electrons. The lowest BCUT2D eigenvalue weighted by Crippen LogP contribution is -2.47. The summed E-state index contributed by atoms with van der Waals surface area (Å²) in [5.41, 5.74) is 7.60. The number of nitrogens with zero attached hydrogens (tertiary/aromatic N) is 3. The van der Waals surface area contributed by atoms with Crippen LogP contribution in [0.5, 0.6) is 0 Å². The molecule has 2 amide bonds. The number of hydrogen-bond donors (Lipinski definition) is 2. The number of hydrogen-bond acceptors (Lipinski definition) is 4. The molecule has 23 heavy (non-hydrogen) atoms. The summed E-state index contributed by atoms with van der Waals surface area (Å²) in [4.78, 5) is 26.0. The third-order valence-electron chi connectivity index (χ3n) is 3.82. The van der Waals surface area contributed by atoms with Gasteiger partial charge in [-0.05, 0) is 24.5 Å². The lowest BCUT2D eigenvalue weighted by atomic mass is 10.0. The number of nitrogens with one attached hydrogen (secondary N) is 2. The zero-order valence-electron chi connectivity index (χ0n) is 13.0. The maximum absolute atomic E-state index is 12.1. The number of aryl methyl sites for hydroxylation is 2. The number of fused-ring (bicyclic) bond motifs is 1. The molecule has 1 aromatic carbocycles. The molecule has 1 aliphatic heterocycles. The van der Waals surface area contributed by atoms with Crippen LogP contribution in [0.4, 0.5) is 5.69 Å². The fourth-order valence-electron chi connectivity index (χ4n) is 2.73. The molecular formula is C16H19N5O2. The molecule has 0 fully saturated rings. The van der Waals surface area contributed by atoms with Crippen molar-refractivity contribution in [3.8, 4) is 0 Å². The summed E-state index contributed by atoms with van der Waals surface area (Å²) in [7, 11) is 1.73. The second-order valence-corrected chi connectivity index (χ2v) is 5.56. The highest BCUT2D eigenvalue weighted by Gasteiger charge is 2.19. The third kappa shape index (κ3) is 3.50. The van der Waals surface area contributed by atoms with E-state index < -0.39 is 0 Å². The van der Waals surface area contributed by atoms with E-state index in [1.165, 1.54) is 16.4 Å². The average molecular weight is 313 g/mol. The summed E-state index contributed by atoms with van der Waals surface area (Å²) in [6.45, 7) is 1.05. The minimum Gasteiger partial charge on any atom is -0.362 e. The summed E-state index contributed by atoms with van der Waals surface area (Å²) < 4.78 is 1.53. The Morgan fingerprint density at radius 2 is 2.09 bits per heavy atom. The molecule has 1 aliphatic rings. The standard InChI is InChI=1S/C16H19N5O2/c1-20-10-13(9-17-20)16(23)19-18-15(22)11-21-8-4-6-12-5-2-3-7-14(12)21/h2-3,5,7,9-10H,4,6,8,11H2,1H3,(H,18,22)(H,19,23). The van der Waals surface area contributed by atoms with Crippen molar-refractivity contribution in [3.05, 3.63) is 47.8 Å². The summed E-state index contributed by atoms with van der Waals surface area (Å²) in [5.74, 6) is -0.635. The zero-order valence-corrected chi connectivity index (χ0v) is 13.0. The van der Waals surface area contributed by atoms with Crippen LogP contribution in [0.3, 0.4) is 0 Å². The minimum atomic E-state index is -0.384. The number of rotatable bonds is 3. The highest BCUT2D eigenvalue weighted by atomic mass is 16.2. The zero-order chi connectivity index (χ0) is 16.2. The van der Waals surface area contributed by atoms with E-state index in [9.17, 15) is 9.59 Å².